The van der Waals surface area contributed by atoms with Gasteiger partial charge >= 0.3 is 0 Å². The molecule has 2 aromatic heterocycles. The van der Waals surface area contributed by atoms with Crippen molar-refractivity contribution in [1.82, 2.24) is 14.9 Å². The third-order valence-corrected chi connectivity index (χ3v) is 8.18. The fourth-order valence-electron chi connectivity index (χ4n) is 4.82. The van der Waals surface area contributed by atoms with Crippen molar-refractivity contribution < 1.29 is 15.0 Å². The van der Waals surface area contributed by atoms with Crippen LogP contribution in [0.25, 0.3) is 31.9 Å². The molecular formula is C35H49ClN4O3S. The molecule has 1 aliphatic rings. The first-order valence-electron chi connectivity index (χ1n) is 15.2. The molecule has 0 spiro atoms. The number of anilines is 1. The summed E-state index contributed by atoms with van der Waals surface area (Å²) in [6.45, 7) is 19.8. The molecule has 0 bridgehead atoms. The van der Waals surface area contributed by atoms with Crippen LogP contribution >= 0.6 is 22.9 Å². The first kappa shape index (κ1) is 37.3. The Balaban J connectivity index is 0.000000673. The molecule has 0 unspecified atom stereocenters. The molecular weight excluding hydrogens is 592 g/mol. The minimum atomic E-state index is -0.500. The van der Waals surface area contributed by atoms with E-state index >= 15 is 0 Å². The largest absolute Gasteiger partial charge is 0.400 e. The number of aliphatic hydroxyl groups excluding tert-OH is 1. The van der Waals surface area contributed by atoms with Crippen LogP contribution in [0, 0.1) is 6.92 Å². The predicted octanol–water partition coefficient (Wildman–Crippen LogP) is 7.67. The van der Waals surface area contributed by atoms with Crippen LogP contribution in [0.2, 0.25) is 5.02 Å². The summed E-state index contributed by atoms with van der Waals surface area (Å²) in [6, 6.07) is 14.7. The zero-order chi connectivity index (χ0) is 33.0. The second-order valence-electron chi connectivity index (χ2n) is 11.5. The van der Waals surface area contributed by atoms with Gasteiger partial charge in [0.1, 0.15) is 17.1 Å². The number of piperazine rings is 1. The first-order valence-corrected chi connectivity index (χ1v) is 16.4. The van der Waals surface area contributed by atoms with Crippen LogP contribution in [0.1, 0.15) is 59.6 Å². The van der Waals surface area contributed by atoms with E-state index in [9.17, 15) is 4.79 Å². The van der Waals surface area contributed by atoms with E-state index < -0.39 is 5.60 Å². The topological polar surface area (TPSA) is 89.8 Å². The minimum absolute atomic E-state index is 0.370. The van der Waals surface area contributed by atoms with Gasteiger partial charge in [-0.3, -0.25) is 4.90 Å². The lowest BCUT2D eigenvalue weighted by Crippen LogP contribution is -2.49. The van der Waals surface area contributed by atoms with Crippen molar-refractivity contribution >= 4 is 45.3 Å². The Hall–Kier alpha value is -2.88. The van der Waals surface area contributed by atoms with Crippen molar-refractivity contribution in [2.75, 3.05) is 38.2 Å². The summed E-state index contributed by atoms with van der Waals surface area (Å²) in [5.74, 6) is 1.00. The number of aromatic nitrogens is 2. The Morgan fingerprint density at radius 1 is 1.00 bits per heavy atom. The number of benzene rings is 2. The summed E-state index contributed by atoms with van der Waals surface area (Å²) in [6.07, 6.45) is 3.23. The molecule has 1 saturated heterocycles. The van der Waals surface area contributed by atoms with Gasteiger partial charge in [0, 0.05) is 68.1 Å². The van der Waals surface area contributed by atoms with E-state index in [1.54, 1.807) is 32.1 Å². The van der Waals surface area contributed by atoms with Crippen molar-refractivity contribution in [2.24, 2.45) is 0 Å². The molecule has 0 saturated carbocycles. The van der Waals surface area contributed by atoms with Crippen LogP contribution in [0.15, 0.2) is 48.7 Å². The summed E-state index contributed by atoms with van der Waals surface area (Å²) >= 11 is 7.83. The number of nitrogens with zero attached hydrogens (tertiary/aromatic N) is 4. The predicted molar refractivity (Wildman–Crippen MR) is 188 cm³/mol. The van der Waals surface area contributed by atoms with Crippen molar-refractivity contribution in [1.29, 1.82) is 0 Å². The number of pyridine rings is 1. The van der Waals surface area contributed by atoms with E-state index in [0.717, 1.165) is 88.4 Å². The second-order valence-corrected chi connectivity index (χ2v) is 12.9. The zero-order valence-electron chi connectivity index (χ0n) is 27.7. The Morgan fingerprint density at radius 3 is 2.14 bits per heavy atom. The maximum atomic E-state index is 11.5. The van der Waals surface area contributed by atoms with Gasteiger partial charge in [0.05, 0.1) is 15.8 Å². The summed E-state index contributed by atoms with van der Waals surface area (Å²) in [7, 11) is 1.00. The molecule has 2 aromatic carbocycles. The summed E-state index contributed by atoms with van der Waals surface area (Å²) in [5, 5.41) is 17.2. The van der Waals surface area contributed by atoms with Crippen LogP contribution in [0.3, 0.4) is 0 Å². The van der Waals surface area contributed by atoms with E-state index in [4.69, 9.17) is 26.8 Å². The quantitative estimate of drug-likeness (QED) is 0.209. The lowest BCUT2D eigenvalue weighted by molar-refractivity contribution is -0.107. The molecule has 0 aliphatic carbocycles. The molecule has 1 fully saturated rings. The van der Waals surface area contributed by atoms with Gasteiger partial charge in [-0.15, -0.1) is 11.3 Å². The average Bonchev–Trinajstić information content (AvgIpc) is 3.43. The van der Waals surface area contributed by atoms with Crippen LogP contribution in [-0.2, 0) is 11.2 Å². The zero-order valence-corrected chi connectivity index (χ0v) is 29.3. The maximum Gasteiger partial charge on any atom is 0.129 e. The molecule has 44 heavy (non-hydrogen) atoms. The minimum Gasteiger partial charge on any atom is -0.400 e. The number of aldehydes is 1. The fourth-order valence-corrected chi connectivity index (χ4v) is 6.08. The van der Waals surface area contributed by atoms with Gasteiger partial charge in [0.2, 0.25) is 0 Å². The number of aryl methyl sites for hydroxylation is 1. The van der Waals surface area contributed by atoms with Crippen molar-refractivity contribution in [2.45, 2.75) is 73.5 Å². The van der Waals surface area contributed by atoms with Gasteiger partial charge < -0.3 is 19.9 Å². The SMILES string of the molecule is CC.CC(C)(C)O.CO.Cc1cc2nc(-c3ccnc(N4CCN(C(C)C)CC4)c3)sc2c(-c2ccc(Cl)cc2)c1CC=O. The van der Waals surface area contributed by atoms with Crippen LogP contribution in [-0.4, -0.2) is 76.3 Å². The number of aliphatic hydroxyl groups is 2. The van der Waals surface area contributed by atoms with Crippen molar-refractivity contribution in [3.63, 3.8) is 0 Å². The standard InChI is InChI=1S/C28H29ClN4OS.C4H10O.C2H6.CH4O/c1-18(2)32-11-13-33(14-12-32)25-17-21(8-10-30-25)28-31-24-16-19(3)23(9-15-34)26(27(24)35-28)20-4-6-22(29)7-5-20;1-4(2,3)5;2*1-2/h4-8,10,15-18H,9,11-14H2,1-3H3;5H,1-3H3;1-2H3;2H,1H3. The van der Waals surface area contributed by atoms with Gasteiger partial charge in [0.15, 0.2) is 0 Å². The highest BCUT2D eigenvalue weighted by Gasteiger charge is 2.21. The Kier molecular flexibility index (Phi) is 14.9. The molecule has 9 heteroatoms. The Bertz CT molecular complexity index is 1450. The number of carbonyl (C=O) groups excluding carboxylic acids is 1. The molecule has 0 radical (unpaired) electrons. The smallest absolute Gasteiger partial charge is 0.129 e. The molecule has 4 aromatic rings. The number of carbonyl (C=O) groups is 1. The maximum absolute atomic E-state index is 11.5. The Labute approximate surface area is 272 Å². The number of hydrogen-bond acceptors (Lipinski definition) is 8. The molecule has 0 atom stereocenters. The van der Waals surface area contributed by atoms with E-state index in [-0.39, 0.29) is 0 Å². The number of halogens is 1. The molecule has 2 N–H and O–H groups in total. The molecule has 5 rings (SSSR count). The van der Waals surface area contributed by atoms with Crippen LogP contribution in [0.4, 0.5) is 5.82 Å². The highest BCUT2D eigenvalue weighted by Crippen LogP contribution is 2.41. The monoisotopic (exact) mass is 640 g/mol. The van der Waals surface area contributed by atoms with Gasteiger partial charge in [-0.1, -0.05) is 37.6 Å². The highest BCUT2D eigenvalue weighted by molar-refractivity contribution is 7.22. The normalized spacial score (nSPS) is 13.3. The van der Waals surface area contributed by atoms with Crippen LogP contribution in [0.5, 0.6) is 0 Å². The summed E-state index contributed by atoms with van der Waals surface area (Å²) in [4.78, 5) is 26.1. The summed E-state index contributed by atoms with van der Waals surface area (Å²) < 4.78 is 1.09. The van der Waals surface area contributed by atoms with Gasteiger partial charge in [-0.2, -0.15) is 0 Å². The van der Waals surface area contributed by atoms with E-state index in [2.05, 4.69) is 47.7 Å². The lowest BCUT2D eigenvalue weighted by Gasteiger charge is -2.37. The lowest BCUT2D eigenvalue weighted by atomic mass is 9.93. The number of hydrogen-bond donors (Lipinski definition) is 2. The van der Waals surface area contributed by atoms with Crippen molar-refractivity contribution in [3.05, 3.63) is 64.8 Å². The number of rotatable bonds is 6. The molecule has 1 aliphatic heterocycles. The first-order chi connectivity index (χ1) is 20.9. The molecule has 3 heterocycles. The Morgan fingerprint density at radius 2 is 1.59 bits per heavy atom. The van der Waals surface area contributed by atoms with Gasteiger partial charge in [-0.05, 0) is 88.6 Å². The average molecular weight is 641 g/mol. The highest BCUT2D eigenvalue weighted by atomic mass is 35.5. The van der Waals surface area contributed by atoms with E-state index in [0.29, 0.717) is 17.5 Å². The molecule has 7 nitrogen and oxygen atoms in total. The molecule has 240 valence electrons. The summed E-state index contributed by atoms with van der Waals surface area (Å²) in [5.41, 5.74) is 5.76. The third-order valence-electron chi connectivity index (χ3n) is 6.79. The van der Waals surface area contributed by atoms with Crippen LogP contribution < -0.4 is 4.90 Å². The number of fused-ring (bicyclic) bond motifs is 1. The van der Waals surface area contributed by atoms with E-state index in [1.165, 1.54) is 0 Å². The fraction of sp³-hybridized carbons (Fsp3) is 0.457. The van der Waals surface area contributed by atoms with Crippen molar-refractivity contribution in [3.8, 4) is 21.7 Å². The van der Waals surface area contributed by atoms with Gasteiger partial charge in [0.25, 0.3) is 0 Å². The third kappa shape index (κ3) is 10.3. The second kappa shape index (κ2) is 17.6. The van der Waals surface area contributed by atoms with E-state index in [1.807, 2.05) is 50.4 Å². The number of thiazole rings is 1. The van der Waals surface area contributed by atoms with Gasteiger partial charge in [-0.25, -0.2) is 9.97 Å². The molecule has 0 amide bonds.